The molecular weight excluding hydrogens is 501 g/mol. The lowest BCUT2D eigenvalue weighted by atomic mass is 9.91. The van der Waals surface area contributed by atoms with Crippen LogP contribution in [-0.2, 0) is 23.9 Å². The molecule has 1 aromatic rings. The Hall–Kier alpha value is -1.74. The van der Waals surface area contributed by atoms with Crippen molar-refractivity contribution in [1.82, 2.24) is 4.90 Å². The zero-order valence-electron chi connectivity index (χ0n) is 17.6. The number of ketones is 1. The maximum atomic E-state index is 12.8. The molecule has 0 radical (unpaired) electrons. The molecule has 0 bridgehead atoms. The van der Waals surface area contributed by atoms with Crippen LogP contribution in [0.3, 0.4) is 0 Å². The number of rotatable bonds is 9. The van der Waals surface area contributed by atoms with Crippen molar-refractivity contribution in [2.24, 2.45) is 5.92 Å². The third-order valence-corrected chi connectivity index (χ3v) is 5.78. The Balaban J connectivity index is 2.17. The number of para-hydroxylation sites is 1. The van der Waals surface area contributed by atoms with E-state index in [9.17, 15) is 19.2 Å². The van der Waals surface area contributed by atoms with Gasteiger partial charge < -0.3 is 14.3 Å². The van der Waals surface area contributed by atoms with E-state index in [-0.39, 0.29) is 29.6 Å². The summed E-state index contributed by atoms with van der Waals surface area (Å²) in [5.41, 5.74) is 0.408. The minimum atomic E-state index is -1.82. The van der Waals surface area contributed by atoms with E-state index in [1.54, 1.807) is 38.1 Å². The molecule has 1 amide bonds. The lowest BCUT2D eigenvalue weighted by Crippen LogP contribution is -2.60. The molecule has 1 aliphatic rings. The van der Waals surface area contributed by atoms with Gasteiger partial charge in [-0.2, -0.15) is 0 Å². The lowest BCUT2D eigenvalue weighted by molar-refractivity contribution is -0.155. The van der Waals surface area contributed by atoms with E-state index >= 15 is 0 Å². The fourth-order valence-corrected chi connectivity index (χ4v) is 4.23. The molecule has 1 fully saturated rings. The van der Waals surface area contributed by atoms with Gasteiger partial charge in [-0.05, 0) is 38.5 Å². The van der Waals surface area contributed by atoms with Gasteiger partial charge >= 0.3 is 5.97 Å². The van der Waals surface area contributed by atoms with E-state index < -0.39 is 33.6 Å². The van der Waals surface area contributed by atoms with E-state index in [0.717, 1.165) is 16.7 Å². The number of hydrogen-bond donors (Lipinski definition) is 0. The quantitative estimate of drug-likeness (QED) is 0.207. The first kappa shape index (κ1) is 26.5. The average molecular weight is 523 g/mol. The second-order valence-corrected chi connectivity index (χ2v) is 10.9. The molecule has 1 saturated heterocycles. The van der Waals surface area contributed by atoms with Gasteiger partial charge in [-0.3, -0.25) is 14.5 Å². The van der Waals surface area contributed by atoms with Gasteiger partial charge in [0.05, 0.1) is 5.92 Å². The Bertz CT molecular complexity index is 912. The zero-order chi connectivity index (χ0) is 24.1. The number of esters is 1. The molecule has 0 saturated carbocycles. The molecule has 0 spiro atoms. The highest BCUT2D eigenvalue weighted by Crippen LogP contribution is 2.42. The van der Waals surface area contributed by atoms with Crippen LogP contribution >= 0.6 is 46.6 Å². The Morgan fingerprint density at radius 2 is 1.72 bits per heavy atom. The molecule has 1 aromatic carbocycles. The van der Waals surface area contributed by atoms with Crippen LogP contribution in [0.4, 0.5) is 0 Å². The van der Waals surface area contributed by atoms with Gasteiger partial charge in [-0.1, -0.05) is 64.8 Å². The van der Waals surface area contributed by atoms with Gasteiger partial charge in [0.15, 0.2) is 6.61 Å². The van der Waals surface area contributed by atoms with Crippen LogP contribution in [0, 0.1) is 5.92 Å². The minimum absolute atomic E-state index is 0.0565. The first-order valence-corrected chi connectivity index (χ1v) is 11.5. The molecule has 2 rings (SSSR count). The highest BCUT2D eigenvalue weighted by Gasteiger charge is 2.52. The molecule has 7 nitrogen and oxygen atoms in total. The maximum absolute atomic E-state index is 12.8. The van der Waals surface area contributed by atoms with Gasteiger partial charge in [0.1, 0.15) is 29.2 Å². The maximum Gasteiger partial charge on any atom is 0.355 e. The molecule has 174 valence electrons. The van der Waals surface area contributed by atoms with Crippen LogP contribution in [0.15, 0.2) is 41.6 Å². The standard InChI is InChI=1S/C21H22Cl3NO6S/c1-12(2)17(20(29)31-11-21(22,23)24)25-18(28)15(9-13(3)26)19(25)32-16(27)10-30-14-7-5-4-6-8-14/h4-8,15,19H,9-11H2,1-3H3/t15-,19-/m1/s1. The van der Waals surface area contributed by atoms with Crippen LogP contribution in [0.25, 0.3) is 0 Å². The minimum Gasteiger partial charge on any atom is -0.485 e. The number of β-lactam (4-membered cyclic amide) rings is 1. The van der Waals surface area contributed by atoms with Crippen molar-refractivity contribution in [1.29, 1.82) is 0 Å². The van der Waals surface area contributed by atoms with Crippen LogP contribution in [0.5, 0.6) is 5.75 Å². The third kappa shape index (κ3) is 7.40. The Labute approximate surface area is 205 Å². The molecule has 0 unspecified atom stereocenters. The number of alkyl halides is 3. The Morgan fingerprint density at radius 1 is 1.09 bits per heavy atom. The van der Waals surface area contributed by atoms with Crippen molar-refractivity contribution in [2.45, 2.75) is 36.4 Å². The van der Waals surface area contributed by atoms with E-state index in [1.807, 2.05) is 6.07 Å². The van der Waals surface area contributed by atoms with Crippen molar-refractivity contribution >= 4 is 69.3 Å². The van der Waals surface area contributed by atoms with Crippen molar-refractivity contribution < 1.29 is 28.7 Å². The molecule has 0 aliphatic carbocycles. The molecule has 0 aromatic heterocycles. The summed E-state index contributed by atoms with van der Waals surface area (Å²) in [5, 5.41) is -1.14. The molecule has 0 N–H and O–H groups in total. The highest BCUT2D eigenvalue weighted by molar-refractivity contribution is 8.14. The second-order valence-electron chi connectivity index (χ2n) is 7.24. The van der Waals surface area contributed by atoms with E-state index in [1.165, 1.54) is 6.92 Å². The molecule has 32 heavy (non-hydrogen) atoms. The number of hydrogen-bond acceptors (Lipinski definition) is 7. The molecular formula is C21H22Cl3NO6S. The highest BCUT2D eigenvalue weighted by atomic mass is 35.6. The summed E-state index contributed by atoms with van der Waals surface area (Å²) in [6.07, 6.45) is -0.0565. The van der Waals surface area contributed by atoms with Crippen LogP contribution in [0.1, 0.15) is 27.2 Å². The van der Waals surface area contributed by atoms with Gasteiger partial charge in [-0.25, -0.2) is 4.79 Å². The number of amides is 1. The SMILES string of the molecule is CC(=O)C[C@@H]1C(=O)N(C(C(=O)OCC(Cl)(Cl)Cl)=C(C)C)[C@@H]1SC(=O)COc1ccccc1. The van der Waals surface area contributed by atoms with Gasteiger partial charge in [0, 0.05) is 6.42 Å². The number of likely N-dealkylation sites (tertiary alicyclic amines) is 1. The van der Waals surface area contributed by atoms with E-state index in [0.29, 0.717) is 11.3 Å². The number of thioether (sulfide) groups is 1. The predicted molar refractivity (Wildman–Crippen MR) is 124 cm³/mol. The topological polar surface area (TPSA) is 90.0 Å². The average Bonchev–Trinajstić information content (AvgIpc) is 2.71. The largest absolute Gasteiger partial charge is 0.485 e. The number of carbonyl (C=O) groups excluding carboxylic acids is 4. The fourth-order valence-electron chi connectivity index (χ4n) is 2.98. The van der Waals surface area contributed by atoms with Crippen molar-refractivity contribution in [3.63, 3.8) is 0 Å². The van der Waals surface area contributed by atoms with Crippen molar-refractivity contribution in [2.75, 3.05) is 13.2 Å². The Kier molecular flexibility index (Phi) is 9.45. The number of benzene rings is 1. The summed E-state index contributed by atoms with van der Waals surface area (Å²) in [5.74, 6) is -1.78. The summed E-state index contributed by atoms with van der Waals surface area (Å²) in [4.78, 5) is 50.8. The summed E-state index contributed by atoms with van der Waals surface area (Å²) < 4.78 is 8.67. The lowest BCUT2D eigenvalue weighted by Gasteiger charge is -2.46. The van der Waals surface area contributed by atoms with E-state index in [4.69, 9.17) is 44.3 Å². The van der Waals surface area contributed by atoms with E-state index in [2.05, 4.69) is 0 Å². The van der Waals surface area contributed by atoms with Crippen LogP contribution in [0.2, 0.25) is 0 Å². The second kappa shape index (κ2) is 11.4. The first-order chi connectivity index (χ1) is 14.9. The summed E-state index contributed by atoms with van der Waals surface area (Å²) in [6, 6.07) is 8.77. The van der Waals surface area contributed by atoms with Gasteiger partial charge in [0.25, 0.3) is 0 Å². The summed E-state index contributed by atoms with van der Waals surface area (Å²) in [6.45, 7) is 3.81. The van der Waals surface area contributed by atoms with Gasteiger partial charge in [0.2, 0.25) is 14.8 Å². The third-order valence-electron chi connectivity index (χ3n) is 4.29. The number of carbonyl (C=O) groups is 4. The smallest absolute Gasteiger partial charge is 0.355 e. The molecule has 2 atom stereocenters. The summed E-state index contributed by atoms with van der Waals surface area (Å²) >= 11 is 17.7. The molecule has 1 aliphatic heterocycles. The number of ether oxygens (including phenoxy) is 2. The normalized spacial score (nSPS) is 17.9. The number of halogens is 3. The Morgan fingerprint density at radius 3 is 2.25 bits per heavy atom. The zero-order valence-corrected chi connectivity index (χ0v) is 20.7. The number of nitrogens with zero attached hydrogens (tertiary/aromatic N) is 1. The molecule has 1 heterocycles. The van der Waals surface area contributed by atoms with Crippen LogP contribution < -0.4 is 4.74 Å². The van der Waals surface area contributed by atoms with Gasteiger partial charge in [-0.15, -0.1) is 0 Å². The first-order valence-electron chi connectivity index (χ1n) is 9.52. The number of allylic oxidation sites excluding steroid dienone is 1. The number of Topliss-reactive ketones (excluding diaryl/α,β-unsaturated/α-hetero) is 1. The predicted octanol–water partition coefficient (Wildman–Crippen LogP) is 4.30. The van der Waals surface area contributed by atoms with Crippen molar-refractivity contribution in [3.8, 4) is 5.75 Å². The molecule has 11 heteroatoms. The van der Waals surface area contributed by atoms with Crippen LogP contribution in [-0.4, -0.2) is 50.1 Å². The fraction of sp³-hybridized carbons (Fsp3) is 0.429. The summed E-state index contributed by atoms with van der Waals surface area (Å²) in [7, 11) is 0. The monoisotopic (exact) mass is 521 g/mol. The van der Waals surface area contributed by atoms with Crippen molar-refractivity contribution in [3.05, 3.63) is 41.6 Å².